The predicted molar refractivity (Wildman–Crippen MR) is 70.8 cm³/mol. The Labute approximate surface area is 112 Å². The van der Waals surface area contributed by atoms with Gasteiger partial charge in [0.2, 0.25) is 5.89 Å². The number of carbonyl (C=O) groups is 1. The van der Waals surface area contributed by atoms with Gasteiger partial charge in [-0.25, -0.2) is 0 Å². The lowest BCUT2D eigenvalue weighted by atomic mass is 10.1. The number of nitrogens with one attached hydrogen (secondary N) is 1. The molecule has 19 heavy (non-hydrogen) atoms. The quantitative estimate of drug-likeness (QED) is 0.891. The van der Waals surface area contributed by atoms with Crippen LogP contribution >= 0.6 is 0 Å². The standard InChI is InChI=1S/C14H17N3O2/c1-10(2)15-13(18)14-17-16-12(19-14)9-8-11-6-4-3-5-7-11/h3-7,10H,8-9H2,1-2H3,(H,15,18). The lowest BCUT2D eigenvalue weighted by Crippen LogP contribution is -2.30. The summed E-state index contributed by atoms with van der Waals surface area (Å²) in [6, 6.07) is 10.1. The molecule has 0 unspecified atom stereocenters. The number of hydrogen-bond donors (Lipinski definition) is 1. The molecule has 0 bridgehead atoms. The molecule has 1 heterocycles. The van der Waals surface area contributed by atoms with E-state index in [4.69, 9.17) is 4.42 Å². The number of rotatable bonds is 5. The summed E-state index contributed by atoms with van der Waals surface area (Å²) in [7, 11) is 0. The van der Waals surface area contributed by atoms with E-state index in [0.29, 0.717) is 12.3 Å². The fourth-order valence-corrected chi connectivity index (χ4v) is 1.67. The van der Waals surface area contributed by atoms with E-state index in [1.165, 1.54) is 5.56 Å². The highest BCUT2D eigenvalue weighted by atomic mass is 16.4. The van der Waals surface area contributed by atoms with Gasteiger partial charge in [0.25, 0.3) is 0 Å². The molecule has 1 aromatic carbocycles. The van der Waals surface area contributed by atoms with Gasteiger partial charge in [-0.15, -0.1) is 10.2 Å². The molecule has 0 aliphatic rings. The van der Waals surface area contributed by atoms with Crippen LogP contribution in [0.25, 0.3) is 0 Å². The summed E-state index contributed by atoms with van der Waals surface area (Å²) in [5, 5.41) is 10.3. The Balaban J connectivity index is 1.92. The fraction of sp³-hybridized carbons (Fsp3) is 0.357. The van der Waals surface area contributed by atoms with Crippen LogP contribution in [0.3, 0.4) is 0 Å². The molecule has 1 N–H and O–H groups in total. The summed E-state index contributed by atoms with van der Waals surface area (Å²) >= 11 is 0. The van der Waals surface area contributed by atoms with Crippen molar-refractivity contribution in [3.8, 4) is 0 Å². The Morgan fingerprint density at radius 3 is 2.63 bits per heavy atom. The second-order valence-corrected chi connectivity index (χ2v) is 4.61. The zero-order valence-corrected chi connectivity index (χ0v) is 11.1. The molecule has 0 saturated carbocycles. The molecule has 0 fully saturated rings. The number of hydrogen-bond acceptors (Lipinski definition) is 4. The monoisotopic (exact) mass is 259 g/mol. The normalized spacial score (nSPS) is 10.7. The van der Waals surface area contributed by atoms with Gasteiger partial charge in [0.1, 0.15) is 0 Å². The third-order valence-electron chi connectivity index (χ3n) is 2.55. The van der Waals surface area contributed by atoms with Gasteiger partial charge in [-0.05, 0) is 25.8 Å². The Hall–Kier alpha value is -2.17. The number of carbonyl (C=O) groups excluding carboxylic acids is 1. The van der Waals surface area contributed by atoms with Crippen molar-refractivity contribution in [3.05, 3.63) is 47.7 Å². The van der Waals surface area contributed by atoms with Gasteiger partial charge in [-0.3, -0.25) is 4.79 Å². The van der Waals surface area contributed by atoms with Gasteiger partial charge in [0.05, 0.1) is 0 Å². The van der Waals surface area contributed by atoms with Gasteiger partial charge in [-0.2, -0.15) is 0 Å². The first-order chi connectivity index (χ1) is 9.15. The molecule has 2 rings (SSSR count). The smallest absolute Gasteiger partial charge is 0.309 e. The largest absolute Gasteiger partial charge is 0.417 e. The third-order valence-corrected chi connectivity index (χ3v) is 2.55. The number of aromatic nitrogens is 2. The fourth-order valence-electron chi connectivity index (χ4n) is 1.67. The summed E-state index contributed by atoms with van der Waals surface area (Å²) in [4.78, 5) is 11.6. The van der Waals surface area contributed by atoms with Crippen LogP contribution < -0.4 is 5.32 Å². The molecule has 2 aromatic rings. The first-order valence-electron chi connectivity index (χ1n) is 6.32. The van der Waals surface area contributed by atoms with E-state index in [2.05, 4.69) is 15.5 Å². The first kappa shape index (κ1) is 13.3. The van der Waals surface area contributed by atoms with Crippen LogP contribution in [-0.4, -0.2) is 22.1 Å². The molecular formula is C14H17N3O2. The van der Waals surface area contributed by atoms with E-state index in [9.17, 15) is 4.79 Å². The SMILES string of the molecule is CC(C)NC(=O)c1nnc(CCc2ccccc2)o1. The number of benzene rings is 1. The highest BCUT2D eigenvalue weighted by Gasteiger charge is 2.15. The Bertz CT molecular complexity index is 535. The minimum atomic E-state index is -0.325. The molecule has 5 heteroatoms. The van der Waals surface area contributed by atoms with E-state index in [0.717, 1.165) is 6.42 Å². The van der Waals surface area contributed by atoms with Gasteiger partial charge in [-0.1, -0.05) is 30.3 Å². The number of nitrogens with zero attached hydrogens (tertiary/aromatic N) is 2. The molecule has 100 valence electrons. The minimum Gasteiger partial charge on any atom is -0.417 e. The second kappa shape index (κ2) is 6.13. The van der Waals surface area contributed by atoms with Crippen LogP contribution in [0.2, 0.25) is 0 Å². The van der Waals surface area contributed by atoms with Crippen LogP contribution in [0, 0.1) is 0 Å². The Morgan fingerprint density at radius 2 is 1.95 bits per heavy atom. The van der Waals surface area contributed by atoms with E-state index in [-0.39, 0.29) is 17.8 Å². The molecule has 1 aromatic heterocycles. The molecule has 0 atom stereocenters. The maximum atomic E-state index is 11.6. The summed E-state index contributed by atoms with van der Waals surface area (Å²) in [6.07, 6.45) is 1.44. The average Bonchev–Trinajstić information content (AvgIpc) is 2.86. The van der Waals surface area contributed by atoms with Crippen molar-refractivity contribution >= 4 is 5.91 Å². The maximum absolute atomic E-state index is 11.6. The van der Waals surface area contributed by atoms with Crippen LogP contribution in [-0.2, 0) is 12.8 Å². The van der Waals surface area contributed by atoms with Gasteiger partial charge in [0, 0.05) is 12.5 Å². The van der Waals surface area contributed by atoms with Crippen molar-refractivity contribution in [1.29, 1.82) is 0 Å². The molecule has 0 spiro atoms. The van der Waals surface area contributed by atoms with E-state index in [1.54, 1.807) is 0 Å². The van der Waals surface area contributed by atoms with Crippen molar-refractivity contribution in [3.63, 3.8) is 0 Å². The molecular weight excluding hydrogens is 242 g/mol. The summed E-state index contributed by atoms with van der Waals surface area (Å²) in [6.45, 7) is 3.76. The topological polar surface area (TPSA) is 68.0 Å². The lowest BCUT2D eigenvalue weighted by molar-refractivity contribution is 0.0906. The van der Waals surface area contributed by atoms with Crippen molar-refractivity contribution in [2.45, 2.75) is 32.7 Å². The van der Waals surface area contributed by atoms with Crippen LogP contribution in [0.1, 0.15) is 36.0 Å². The first-order valence-corrected chi connectivity index (χ1v) is 6.32. The summed E-state index contributed by atoms with van der Waals surface area (Å²) < 4.78 is 5.33. The predicted octanol–water partition coefficient (Wildman–Crippen LogP) is 1.99. The zero-order chi connectivity index (χ0) is 13.7. The molecule has 0 aliphatic carbocycles. The number of amides is 1. The van der Waals surface area contributed by atoms with Crippen LogP contribution in [0.15, 0.2) is 34.7 Å². The number of aryl methyl sites for hydroxylation is 2. The van der Waals surface area contributed by atoms with E-state index >= 15 is 0 Å². The van der Waals surface area contributed by atoms with Crippen LogP contribution in [0.4, 0.5) is 0 Å². The maximum Gasteiger partial charge on any atom is 0.309 e. The van der Waals surface area contributed by atoms with Crippen LogP contribution in [0.5, 0.6) is 0 Å². The van der Waals surface area contributed by atoms with Crippen molar-refractivity contribution in [2.24, 2.45) is 0 Å². The zero-order valence-electron chi connectivity index (χ0n) is 11.1. The van der Waals surface area contributed by atoms with Gasteiger partial charge in [0.15, 0.2) is 0 Å². The second-order valence-electron chi connectivity index (χ2n) is 4.61. The Morgan fingerprint density at radius 1 is 1.21 bits per heavy atom. The third kappa shape index (κ3) is 3.91. The summed E-state index contributed by atoms with van der Waals surface area (Å²) in [5.74, 6) is 0.183. The highest BCUT2D eigenvalue weighted by molar-refractivity contribution is 5.89. The molecule has 0 aliphatic heterocycles. The van der Waals surface area contributed by atoms with Crippen molar-refractivity contribution < 1.29 is 9.21 Å². The van der Waals surface area contributed by atoms with Gasteiger partial charge >= 0.3 is 11.8 Å². The summed E-state index contributed by atoms with van der Waals surface area (Å²) in [5.41, 5.74) is 1.20. The van der Waals surface area contributed by atoms with E-state index < -0.39 is 0 Å². The van der Waals surface area contributed by atoms with Crippen molar-refractivity contribution in [1.82, 2.24) is 15.5 Å². The van der Waals surface area contributed by atoms with Crippen molar-refractivity contribution in [2.75, 3.05) is 0 Å². The highest BCUT2D eigenvalue weighted by Crippen LogP contribution is 2.06. The lowest BCUT2D eigenvalue weighted by Gasteiger charge is -2.03. The van der Waals surface area contributed by atoms with Gasteiger partial charge < -0.3 is 9.73 Å². The molecule has 1 amide bonds. The molecule has 0 saturated heterocycles. The molecule has 0 radical (unpaired) electrons. The van der Waals surface area contributed by atoms with E-state index in [1.807, 2.05) is 44.2 Å². The Kier molecular flexibility index (Phi) is 4.28. The average molecular weight is 259 g/mol. The molecule has 5 nitrogen and oxygen atoms in total. The minimum absolute atomic E-state index is 0.0248.